The molecule has 0 saturated carbocycles. The second-order valence-corrected chi connectivity index (χ2v) is 6.76. The summed E-state index contributed by atoms with van der Waals surface area (Å²) < 4.78 is 26.4. The topological polar surface area (TPSA) is 106 Å². The van der Waals surface area contributed by atoms with E-state index >= 15 is 0 Å². The van der Waals surface area contributed by atoms with Crippen LogP contribution >= 0.6 is 0 Å². The van der Waals surface area contributed by atoms with Crippen LogP contribution in [-0.4, -0.2) is 38.3 Å². The lowest BCUT2D eigenvalue weighted by Crippen LogP contribution is -2.35. The van der Waals surface area contributed by atoms with Gasteiger partial charge < -0.3 is 11.5 Å². The van der Waals surface area contributed by atoms with E-state index in [-0.39, 0.29) is 30.1 Å². The Morgan fingerprint density at radius 2 is 1.81 bits per heavy atom. The van der Waals surface area contributed by atoms with Crippen molar-refractivity contribution in [1.29, 1.82) is 0 Å². The number of hydrogen-bond acceptors (Lipinski definition) is 4. The third-order valence-corrected chi connectivity index (χ3v) is 4.74. The van der Waals surface area contributed by atoms with E-state index in [1.54, 1.807) is 0 Å². The Morgan fingerprint density at radius 3 is 2.24 bits per heavy atom. The quantitative estimate of drug-likeness (QED) is 0.723. The van der Waals surface area contributed by atoms with Crippen molar-refractivity contribution < 1.29 is 13.2 Å². The Bertz CT molecular complexity index is 617. The molecule has 0 fully saturated rings. The van der Waals surface area contributed by atoms with Gasteiger partial charge in [-0.1, -0.05) is 11.6 Å². The van der Waals surface area contributed by atoms with Crippen molar-refractivity contribution in [2.24, 2.45) is 11.5 Å². The van der Waals surface area contributed by atoms with Crippen molar-refractivity contribution in [2.45, 2.75) is 18.7 Å². The molecule has 0 aliphatic rings. The lowest BCUT2D eigenvalue weighted by Gasteiger charge is -2.20. The number of amides is 1. The van der Waals surface area contributed by atoms with Crippen LogP contribution in [0.5, 0.6) is 0 Å². The van der Waals surface area contributed by atoms with Crippen LogP contribution in [0.1, 0.15) is 24.2 Å². The zero-order valence-corrected chi connectivity index (χ0v) is 13.1. The molecule has 0 radical (unpaired) electrons. The van der Waals surface area contributed by atoms with Gasteiger partial charge in [0.05, 0.1) is 4.90 Å². The normalized spacial score (nSPS) is 11.4. The fraction of sp³-hybridized carbons (Fsp3) is 0.357. The molecule has 6 nitrogen and oxygen atoms in total. The summed E-state index contributed by atoms with van der Waals surface area (Å²) in [6.07, 6.45) is 1.82. The van der Waals surface area contributed by atoms with Crippen LogP contribution in [0, 0.1) is 0 Å². The molecule has 4 N–H and O–H groups in total. The number of benzene rings is 1. The molecule has 116 valence electrons. The third-order valence-electron chi connectivity index (χ3n) is 2.86. The van der Waals surface area contributed by atoms with E-state index in [2.05, 4.69) is 0 Å². The number of sulfonamides is 1. The first-order valence-electron chi connectivity index (χ1n) is 6.52. The van der Waals surface area contributed by atoms with E-state index in [1.165, 1.54) is 28.6 Å². The average Bonchev–Trinajstić information content (AvgIpc) is 2.43. The van der Waals surface area contributed by atoms with Gasteiger partial charge in [0.25, 0.3) is 0 Å². The van der Waals surface area contributed by atoms with Crippen molar-refractivity contribution >= 4 is 15.9 Å². The van der Waals surface area contributed by atoms with Crippen LogP contribution in [0.4, 0.5) is 0 Å². The molecule has 0 atom stereocenters. The summed E-state index contributed by atoms with van der Waals surface area (Å²) in [6.45, 7) is 4.52. The molecule has 0 aliphatic heterocycles. The van der Waals surface area contributed by atoms with Gasteiger partial charge in [-0.3, -0.25) is 4.79 Å². The van der Waals surface area contributed by atoms with Gasteiger partial charge in [0.1, 0.15) is 0 Å². The van der Waals surface area contributed by atoms with Gasteiger partial charge in [0, 0.05) is 25.2 Å². The van der Waals surface area contributed by atoms with Gasteiger partial charge in [0.2, 0.25) is 15.9 Å². The maximum absolute atomic E-state index is 12.5. The van der Waals surface area contributed by atoms with Crippen LogP contribution in [0.3, 0.4) is 0 Å². The van der Waals surface area contributed by atoms with E-state index in [1.807, 2.05) is 19.9 Å². The summed E-state index contributed by atoms with van der Waals surface area (Å²) in [6, 6.07) is 5.55. The summed E-state index contributed by atoms with van der Waals surface area (Å²) in [7, 11) is -3.64. The van der Waals surface area contributed by atoms with Gasteiger partial charge in [-0.2, -0.15) is 4.31 Å². The van der Waals surface area contributed by atoms with Crippen LogP contribution in [0.25, 0.3) is 0 Å². The standard InChI is InChI=1S/C14H21N3O3S/c1-11(2)7-9-17(10-8-15)21(19,20)13-5-3-12(4-6-13)14(16)18/h3-7H,8-10,15H2,1-2H3,(H2,16,18). The summed E-state index contributed by atoms with van der Waals surface area (Å²) in [5.41, 5.74) is 11.9. The van der Waals surface area contributed by atoms with Crippen molar-refractivity contribution in [3.05, 3.63) is 41.5 Å². The zero-order valence-electron chi connectivity index (χ0n) is 12.2. The maximum atomic E-state index is 12.5. The number of carbonyl (C=O) groups excluding carboxylic acids is 1. The highest BCUT2D eigenvalue weighted by atomic mass is 32.2. The Balaban J connectivity index is 3.09. The Morgan fingerprint density at radius 1 is 1.24 bits per heavy atom. The van der Waals surface area contributed by atoms with Crippen LogP contribution in [-0.2, 0) is 10.0 Å². The molecule has 0 bridgehead atoms. The molecule has 0 heterocycles. The molecule has 0 aliphatic carbocycles. The molecule has 1 rings (SSSR count). The Kier molecular flexibility index (Phi) is 6.07. The zero-order chi connectivity index (χ0) is 16.0. The van der Waals surface area contributed by atoms with E-state index in [0.717, 1.165) is 5.57 Å². The molecule has 0 spiro atoms. The monoisotopic (exact) mass is 311 g/mol. The predicted molar refractivity (Wildman–Crippen MR) is 82.2 cm³/mol. The maximum Gasteiger partial charge on any atom is 0.248 e. The van der Waals surface area contributed by atoms with Gasteiger partial charge >= 0.3 is 0 Å². The van der Waals surface area contributed by atoms with Crippen molar-refractivity contribution in [3.8, 4) is 0 Å². The van der Waals surface area contributed by atoms with E-state index in [9.17, 15) is 13.2 Å². The number of hydrogen-bond donors (Lipinski definition) is 2. The number of rotatable bonds is 7. The smallest absolute Gasteiger partial charge is 0.248 e. The number of nitrogens with zero attached hydrogens (tertiary/aromatic N) is 1. The van der Waals surface area contributed by atoms with Crippen molar-refractivity contribution in [1.82, 2.24) is 4.31 Å². The SMILES string of the molecule is CC(C)=CCN(CCN)S(=O)(=O)c1ccc(C(N)=O)cc1. The number of primary amides is 1. The van der Waals surface area contributed by atoms with Gasteiger partial charge in [-0.25, -0.2) is 8.42 Å². The summed E-state index contributed by atoms with van der Waals surface area (Å²) >= 11 is 0. The third kappa shape index (κ3) is 4.66. The predicted octanol–water partition coefficient (Wildman–Crippen LogP) is 0.701. The second-order valence-electron chi connectivity index (χ2n) is 4.82. The van der Waals surface area contributed by atoms with Gasteiger partial charge in [-0.05, 0) is 38.1 Å². The minimum absolute atomic E-state index is 0.114. The molecule has 0 aromatic heterocycles. The molecular weight excluding hydrogens is 290 g/mol. The van der Waals surface area contributed by atoms with Crippen LogP contribution < -0.4 is 11.5 Å². The first-order chi connectivity index (χ1) is 9.78. The molecule has 1 aromatic rings. The first-order valence-corrected chi connectivity index (χ1v) is 7.96. The highest BCUT2D eigenvalue weighted by Gasteiger charge is 2.23. The fourth-order valence-corrected chi connectivity index (χ4v) is 3.07. The molecule has 1 amide bonds. The highest BCUT2D eigenvalue weighted by molar-refractivity contribution is 7.89. The van der Waals surface area contributed by atoms with Crippen molar-refractivity contribution in [3.63, 3.8) is 0 Å². The second kappa shape index (κ2) is 7.35. The molecule has 1 aromatic carbocycles. The molecule has 0 saturated heterocycles. The van der Waals surface area contributed by atoms with E-state index < -0.39 is 15.9 Å². The first kappa shape index (κ1) is 17.4. The van der Waals surface area contributed by atoms with E-state index in [4.69, 9.17) is 11.5 Å². The lowest BCUT2D eigenvalue weighted by atomic mass is 10.2. The number of carbonyl (C=O) groups is 1. The molecular formula is C14H21N3O3S. The lowest BCUT2D eigenvalue weighted by molar-refractivity contribution is 0.1000. The van der Waals surface area contributed by atoms with Crippen molar-refractivity contribution in [2.75, 3.05) is 19.6 Å². The highest BCUT2D eigenvalue weighted by Crippen LogP contribution is 2.16. The van der Waals surface area contributed by atoms with Crippen LogP contribution in [0.15, 0.2) is 40.8 Å². The summed E-state index contributed by atoms with van der Waals surface area (Å²) in [4.78, 5) is 11.1. The minimum atomic E-state index is -3.64. The minimum Gasteiger partial charge on any atom is -0.366 e. The fourth-order valence-electron chi connectivity index (χ4n) is 1.68. The Hall–Kier alpha value is -1.70. The molecule has 0 unspecified atom stereocenters. The summed E-state index contributed by atoms with van der Waals surface area (Å²) in [5, 5.41) is 0. The number of allylic oxidation sites excluding steroid dienone is 1. The number of nitrogens with two attached hydrogens (primary N) is 2. The van der Waals surface area contributed by atoms with Gasteiger partial charge in [0.15, 0.2) is 0 Å². The van der Waals surface area contributed by atoms with Gasteiger partial charge in [-0.15, -0.1) is 0 Å². The average molecular weight is 311 g/mol. The van der Waals surface area contributed by atoms with Crippen LogP contribution in [0.2, 0.25) is 0 Å². The summed E-state index contributed by atoms with van der Waals surface area (Å²) in [5.74, 6) is -0.595. The molecule has 7 heteroatoms. The van der Waals surface area contributed by atoms with E-state index in [0.29, 0.717) is 0 Å². The molecule has 21 heavy (non-hydrogen) atoms. The largest absolute Gasteiger partial charge is 0.366 e. The Labute approximate surface area is 125 Å².